The molecule has 0 amide bonds. The number of rotatable bonds is 3. The fourth-order valence-corrected chi connectivity index (χ4v) is 1.04. The molecule has 7 heteroatoms. The highest BCUT2D eigenvalue weighted by atomic mass is 32.3. The number of alkyl halides is 3. The number of hydrogen-bond acceptors (Lipinski definition) is 3. The molecule has 0 radical (unpaired) electrons. The van der Waals surface area contributed by atoms with Crippen LogP contribution >= 0.6 is 10.8 Å². The Morgan fingerprint density at radius 3 is 2.27 bits per heavy atom. The van der Waals surface area contributed by atoms with Gasteiger partial charge < -0.3 is 0 Å². The van der Waals surface area contributed by atoms with Crippen molar-refractivity contribution in [1.82, 2.24) is 0 Å². The van der Waals surface area contributed by atoms with Crippen molar-refractivity contribution in [3.8, 4) is 0 Å². The molecule has 0 aromatic heterocycles. The van der Waals surface area contributed by atoms with Gasteiger partial charge in [0, 0.05) is 0 Å². The molecular formula is C4H10F3NO2S. The predicted molar refractivity (Wildman–Crippen MR) is 37.0 cm³/mol. The first-order chi connectivity index (χ1) is 4.77. The summed E-state index contributed by atoms with van der Waals surface area (Å²) in [5.74, 6) is -0.576. The van der Waals surface area contributed by atoms with Crippen molar-refractivity contribution < 1.29 is 21.9 Å². The van der Waals surface area contributed by atoms with E-state index in [0.29, 0.717) is 0 Å². The zero-order chi connectivity index (χ0) is 9.12. The molecule has 0 aliphatic rings. The summed E-state index contributed by atoms with van der Waals surface area (Å²) < 4.78 is 47.6. The van der Waals surface area contributed by atoms with Gasteiger partial charge in [-0.05, 0) is 0 Å². The SMILES string of the molecule is COS(N)(O)CCC(F)(F)F. The van der Waals surface area contributed by atoms with E-state index >= 15 is 0 Å². The lowest BCUT2D eigenvalue weighted by molar-refractivity contribution is -0.130. The van der Waals surface area contributed by atoms with Crippen molar-refractivity contribution in [3.05, 3.63) is 0 Å². The highest BCUT2D eigenvalue weighted by Gasteiger charge is 2.29. The Balaban J connectivity index is 3.70. The Morgan fingerprint density at radius 2 is 2.00 bits per heavy atom. The monoisotopic (exact) mass is 193 g/mol. The van der Waals surface area contributed by atoms with E-state index in [9.17, 15) is 13.2 Å². The molecule has 1 unspecified atom stereocenters. The third kappa shape index (κ3) is 6.42. The fraction of sp³-hybridized carbons (Fsp3) is 1.00. The third-order valence-corrected chi connectivity index (χ3v) is 2.33. The van der Waals surface area contributed by atoms with Gasteiger partial charge in [-0.1, -0.05) is 0 Å². The summed E-state index contributed by atoms with van der Waals surface area (Å²) in [4.78, 5) is 0. The third-order valence-electron chi connectivity index (χ3n) is 0.967. The molecule has 0 aliphatic heterocycles. The van der Waals surface area contributed by atoms with Crippen molar-refractivity contribution in [2.75, 3.05) is 12.9 Å². The average Bonchev–Trinajstić information content (AvgIpc) is 1.83. The van der Waals surface area contributed by atoms with Crippen molar-refractivity contribution in [2.24, 2.45) is 5.14 Å². The molecular weight excluding hydrogens is 183 g/mol. The number of hydrogen-bond donors (Lipinski definition) is 2. The molecule has 1 atom stereocenters. The molecule has 0 fully saturated rings. The first-order valence-corrected chi connectivity index (χ1v) is 4.45. The van der Waals surface area contributed by atoms with Gasteiger partial charge in [-0.2, -0.15) is 13.2 Å². The smallest absolute Gasteiger partial charge is 0.286 e. The molecule has 0 heterocycles. The van der Waals surface area contributed by atoms with Gasteiger partial charge in [0.2, 0.25) is 0 Å². The van der Waals surface area contributed by atoms with E-state index in [1.165, 1.54) is 0 Å². The molecule has 0 aromatic carbocycles. The van der Waals surface area contributed by atoms with Crippen molar-refractivity contribution in [1.29, 1.82) is 0 Å². The lowest BCUT2D eigenvalue weighted by atomic mass is 10.5. The van der Waals surface area contributed by atoms with Crippen LogP contribution < -0.4 is 5.14 Å². The maximum absolute atomic E-state index is 11.5. The number of nitrogens with two attached hydrogens (primary N) is 1. The van der Waals surface area contributed by atoms with E-state index in [4.69, 9.17) is 9.69 Å². The molecule has 3 nitrogen and oxygen atoms in total. The van der Waals surface area contributed by atoms with Gasteiger partial charge in [0.15, 0.2) is 0 Å². The molecule has 0 saturated heterocycles. The van der Waals surface area contributed by atoms with E-state index in [1.807, 2.05) is 0 Å². The molecule has 0 rings (SSSR count). The maximum Gasteiger partial charge on any atom is 0.390 e. The summed E-state index contributed by atoms with van der Waals surface area (Å²) in [5, 5.41) is 4.94. The summed E-state index contributed by atoms with van der Waals surface area (Å²) in [6.07, 6.45) is -5.41. The van der Waals surface area contributed by atoms with Crippen LogP contribution in [0.3, 0.4) is 0 Å². The average molecular weight is 193 g/mol. The molecule has 0 bridgehead atoms. The summed E-state index contributed by atoms with van der Waals surface area (Å²) in [6, 6.07) is 0. The minimum Gasteiger partial charge on any atom is -0.286 e. The predicted octanol–water partition coefficient (Wildman–Crippen LogP) is 1.65. The minimum absolute atomic E-state index is 0.576. The molecule has 11 heavy (non-hydrogen) atoms. The second-order valence-corrected chi connectivity index (χ2v) is 4.05. The van der Waals surface area contributed by atoms with Crippen LogP contribution in [-0.4, -0.2) is 23.6 Å². The van der Waals surface area contributed by atoms with Crippen LogP contribution in [-0.2, 0) is 4.18 Å². The van der Waals surface area contributed by atoms with E-state index in [0.717, 1.165) is 7.11 Å². The van der Waals surface area contributed by atoms with Crippen LogP contribution in [0.15, 0.2) is 0 Å². The molecule has 0 aliphatic carbocycles. The number of halogens is 3. The summed E-state index contributed by atoms with van der Waals surface area (Å²) in [5.41, 5.74) is 0. The molecule has 0 spiro atoms. The van der Waals surface area contributed by atoms with Crippen LogP contribution in [0.1, 0.15) is 6.42 Å². The van der Waals surface area contributed by atoms with Gasteiger partial charge in [0.05, 0.1) is 19.3 Å². The summed E-state index contributed by atoms with van der Waals surface area (Å²) >= 11 is 0. The van der Waals surface area contributed by atoms with Gasteiger partial charge in [0.1, 0.15) is 0 Å². The molecule has 3 N–H and O–H groups in total. The van der Waals surface area contributed by atoms with Crippen molar-refractivity contribution >= 4 is 10.8 Å². The quantitative estimate of drug-likeness (QED) is 0.716. The Hall–Kier alpha value is 0.0200. The Kier molecular flexibility index (Phi) is 3.62. The maximum atomic E-state index is 11.5. The van der Waals surface area contributed by atoms with Gasteiger partial charge in [-0.3, -0.25) is 8.74 Å². The summed E-state index contributed by atoms with van der Waals surface area (Å²) in [6.45, 7) is 0. The van der Waals surface area contributed by atoms with E-state index in [1.54, 1.807) is 0 Å². The van der Waals surface area contributed by atoms with Gasteiger partial charge in [-0.25, -0.2) is 5.14 Å². The second-order valence-electron chi connectivity index (χ2n) is 1.93. The van der Waals surface area contributed by atoms with Crippen LogP contribution in [0.25, 0.3) is 0 Å². The Labute approximate surface area is 64.2 Å². The van der Waals surface area contributed by atoms with Gasteiger partial charge in [-0.15, -0.1) is 10.8 Å². The standard InChI is InChI=1S/C4H10F3NO2S/c1-10-11(8,9)3-2-4(5,6)7/h9H,2-3,8H2,1H3. The molecule has 70 valence electrons. The second kappa shape index (κ2) is 3.61. The lowest BCUT2D eigenvalue weighted by Gasteiger charge is -2.31. The minimum atomic E-state index is -4.29. The van der Waals surface area contributed by atoms with Crippen LogP contribution in [0.4, 0.5) is 13.2 Å². The van der Waals surface area contributed by atoms with Gasteiger partial charge in [0.25, 0.3) is 0 Å². The topological polar surface area (TPSA) is 55.5 Å². The lowest BCUT2D eigenvalue weighted by Crippen LogP contribution is -2.20. The first-order valence-electron chi connectivity index (χ1n) is 2.70. The first kappa shape index (κ1) is 11.0. The van der Waals surface area contributed by atoms with Gasteiger partial charge >= 0.3 is 6.18 Å². The van der Waals surface area contributed by atoms with Crippen molar-refractivity contribution in [3.63, 3.8) is 0 Å². The van der Waals surface area contributed by atoms with E-state index < -0.39 is 29.1 Å². The fourth-order valence-electron chi connectivity index (χ4n) is 0.345. The van der Waals surface area contributed by atoms with Crippen LogP contribution in [0.2, 0.25) is 0 Å². The Bertz CT molecular complexity index is 127. The zero-order valence-electron chi connectivity index (χ0n) is 5.89. The van der Waals surface area contributed by atoms with Crippen LogP contribution in [0.5, 0.6) is 0 Å². The normalized spacial score (nSPS) is 20.9. The molecule has 0 saturated carbocycles. The highest BCUT2D eigenvalue weighted by molar-refractivity contribution is 8.23. The largest absolute Gasteiger partial charge is 0.390 e. The molecule has 0 aromatic rings. The van der Waals surface area contributed by atoms with E-state index in [2.05, 4.69) is 4.18 Å². The Morgan fingerprint density at radius 1 is 1.55 bits per heavy atom. The summed E-state index contributed by atoms with van der Waals surface area (Å²) in [7, 11) is -1.90. The van der Waals surface area contributed by atoms with E-state index in [-0.39, 0.29) is 0 Å². The highest BCUT2D eigenvalue weighted by Crippen LogP contribution is 2.37. The van der Waals surface area contributed by atoms with Crippen LogP contribution in [0, 0.1) is 0 Å². The van der Waals surface area contributed by atoms with Crippen molar-refractivity contribution in [2.45, 2.75) is 12.6 Å². The zero-order valence-corrected chi connectivity index (χ0v) is 6.71.